The third-order valence-electron chi connectivity index (χ3n) is 2.02. The lowest BCUT2D eigenvalue weighted by Crippen LogP contribution is -2.32. The lowest BCUT2D eigenvalue weighted by atomic mass is 10.1. The normalized spacial score (nSPS) is 13.4. The van der Waals surface area contributed by atoms with E-state index in [0.29, 0.717) is 5.56 Å². The summed E-state index contributed by atoms with van der Waals surface area (Å²) < 4.78 is 11.0. The van der Waals surface area contributed by atoms with E-state index in [-0.39, 0.29) is 11.7 Å². The minimum absolute atomic E-state index is 0.0309. The van der Waals surface area contributed by atoms with Crippen molar-refractivity contribution in [3.05, 3.63) is 29.8 Å². The molecule has 16 heavy (non-hydrogen) atoms. The maximum absolute atomic E-state index is 11.0. The number of aliphatic carboxylic acids is 1. The molecule has 0 amide bonds. The Morgan fingerprint density at radius 2 is 2.06 bits per heavy atom. The van der Waals surface area contributed by atoms with Gasteiger partial charge in [0.1, 0.15) is 6.04 Å². The fourth-order valence-electron chi connectivity index (χ4n) is 1.21. The van der Waals surface area contributed by atoms with Crippen molar-refractivity contribution in [1.82, 2.24) is 0 Å². The third-order valence-corrected chi connectivity index (χ3v) is 2.97. The highest BCUT2D eigenvalue weighted by Gasteiger charge is 2.18. The van der Waals surface area contributed by atoms with Gasteiger partial charge in [-0.1, -0.05) is 12.1 Å². The van der Waals surface area contributed by atoms with E-state index >= 15 is 0 Å². The molecular weight excluding hydrogens is 233 g/mol. The summed E-state index contributed by atoms with van der Waals surface area (Å²) in [4.78, 5) is 28.3. The van der Waals surface area contributed by atoms with Gasteiger partial charge in [-0.15, -0.1) is 0 Å². The Morgan fingerprint density at radius 3 is 2.56 bits per heavy atom. The van der Waals surface area contributed by atoms with Gasteiger partial charge in [-0.25, -0.2) is 0 Å². The van der Waals surface area contributed by atoms with E-state index in [0.717, 1.165) is 0 Å². The van der Waals surface area contributed by atoms with E-state index < -0.39 is 19.6 Å². The zero-order chi connectivity index (χ0) is 12.3. The second-order valence-electron chi connectivity index (χ2n) is 3.36. The van der Waals surface area contributed by atoms with Crippen molar-refractivity contribution in [3.63, 3.8) is 0 Å². The molecule has 0 unspecified atom stereocenters. The number of hydrogen-bond acceptors (Lipinski definition) is 3. The Bertz CT molecular complexity index is 441. The van der Waals surface area contributed by atoms with Crippen LogP contribution < -0.4 is 11.0 Å². The van der Waals surface area contributed by atoms with Crippen LogP contribution in [0.25, 0.3) is 0 Å². The molecule has 0 radical (unpaired) electrons. The van der Waals surface area contributed by atoms with E-state index in [1.54, 1.807) is 6.07 Å². The molecular formula is C9H12NO5P. The smallest absolute Gasteiger partial charge is 0.356 e. The Hall–Kier alpha value is -1.20. The fraction of sp³-hybridized carbons (Fsp3) is 0.222. The molecule has 0 heterocycles. The number of carboxylic acids is 1. The molecule has 1 aromatic rings. The Morgan fingerprint density at radius 1 is 1.44 bits per heavy atom. The van der Waals surface area contributed by atoms with Crippen LogP contribution in [-0.4, -0.2) is 26.9 Å². The maximum Gasteiger partial charge on any atom is 0.356 e. The molecule has 0 aliphatic rings. The predicted octanol–water partition coefficient (Wildman–Crippen LogP) is -0.556. The minimum atomic E-state index is -4.30. The molecule has 0 fully saturated rings. The monoisotopic (exact) mass is 245 g/mol. The average Bonchev–Trinajstić information content (AvgIpc) is 2.16. The molecule has 1 rings (SSSR count). The van der Waals surface area contributed by atoms with E-state index in [1.165, 1.54) is 18.2 Å². The molecule has 6 nitrogen and oxygen atoms in total. The van der Waals surface area contributed by atoms with Crippen LogP contribution in [0, 0.1) is 0 Å². The van der Waals surface area contributed by atoms with E-state index in [2.05, 4.69) is 0 Å². The number of hydrogen-bond donors (Lipinski definition) is 4. The number of carboxylic acid groups (broad SMARTS) is 1. The molecule has 0 aliphatic heterocycles. The van der Waals surface area contributed by atoms with Gasteiger partial charge in [-0.05, 0) is 24.1 Å². The molecule has 7 heteroatoms. The molecule has 0 bridgehead atoms. The van der Waals surface area contributed by atoms with Gasteiger partial charge in [0.15, 0.2) is 0 Å². The summed E-state index contributed by atoms with van der Waals surface area (Å²) in [6.07, 6.45) is 0.0309. The number of nitrogens with two attached hydrogens (primary N) is 1. The van der Waals surface area contributed by atoms with Crippen molar-refractivity contribution in [3.8, 4) is 0 Å². The zero-order valence-corrected chi connectivity index (χ0v) is 9.17. The van der Waals surface area contributed by atoms with E-state index in [1.807, 2.05) is 0 Å². The van der Waals surface area contributed by atoms with Gasteiger partial charge in [-0.2, -0.15) is 0 Å². The summed E-state index contributed by atoms with van der Waals surface area (Å²) in [6.45, 7) is 0. The molecule has 0 aromatic heterocycles. The van der Waals surface area contributed by atoms with Crippen LogP contribution in [0.2, 0.25) is 0 Å². The first-order valence-corrected chi connectivity index (χ1v) is 6.05. The van der Waals surface area contributed by atoms with Gasteiger partial charge >= 0.3 is 13.6 Å². The van der Waals surface area contributed by atoms with E-state index in [9.17, 15) is 9.36 Å². The molecule has 88 valence electrons. The van der Waals surface area contributed by atoms with Gasteiger partial charge < -0.3 is 20.6 Å². The van der Waals surface area contributed by atoms with Crippen LogP contribution in [0.1, 0.15) is 5.56 Å². The summed E-state index contributed by atoms with van der Waals surface area (Å²) in [7, 11) is -4.30. The zero-order valence-electron chi connectivity index (χ0n) is 8.28. The summed E-state index contributed by atoms with van der Waals surface area (Å²) in [5, 5.41) is 8.46. The molecule has 1 atom stereocenters. The van der Waals surface area contributed by atoms with Crippen molar-refractivity contribution in [2.75, 3.05) is 0 Å². The summed E-state index contributed by atoms with van der Waals surface area (Å²) >= 11 is 0. The van der Waals surface area contributed by atoms with Crippen molar-refractivity contribution >= 4 is 18.9 Å². The Balaban J connectivity index is 2.92. The van der Waals surface area contributed by atoms with Gasteiger partial charge in [0.25, 0.3) is 0 Å². The van der Waals surface area contributed by atoms with Gasteiger partial charge in [0, 0.05) is 0 Å². The van der Waals surface area contributed by atoms with Crippen molar-refractivity contribution in [2.45, 2.75) is 12.5 Å². The first-order chi connectivity index (χ1) is 7.30. The van der Waals surface area contributed by atoms with Crippen LogP contribution in [0.3, 0.4) is 0 Å². The lowest BCUT2D eigenvalue weighted by molar-refractivity contribution is -0.138. The highest BCUT2D eigenvalue weighted by molar-refractivity contribution is 7.60. The summed E-state index contributed by atoms with van der Waals surface area (Å²) in [6, 6.07) is 4.51. The van der Waals surface area contributed by atoms with Crippen LogP contribution >= 0.6 is 7.60 Å². The highest BCUT2D eigenvalue weighted by Crippen LogP contribution is 2.33. The van der Waals surface area contributed by atoms with Crippen molar-refractivity contribution in [1.29, 1.82) is 0 Å². The van der Waals surface area contributed by atoms with Gasteiger partial charge in [0.05, 0.1) is 5.30 Å². The first-order valence-electron chi connectivity index (χ1n) is 4.44. The van der Waals surface area contributed by atoms with Gasteiger partial charge in [-0.3, -0.25) is 9.36 Å². The van der Waals surface area contributed by atoms with Crippen molar-refractivity contribution < 1.29 is 24.3 Å². The first kappa shape index (κ1) is 12.9. The van der Waals surface area contributed by atoms with Crippen LogP contribution in [-0.2, 0) is 15.8 Å². The minimum Gasteiger partial charge on any atom is -0.480 e. The number of carbonyl (C=O) groups is 1. The molecule has 5 N–H and O–H groups in total. The topological polar surface area (TPSA) is 121 Å². The Kier molecular flexibility index (Phi) is 3.83. The standard InChI is InChI=1S/C9H12NO5P/c10-8(9(11)12)5-6-2-1-3-7(4-6)16(13,14)15/h1-4,8H,5,10H2,(H,11,12)(H2,13,14,15)/t8-/m0/s1. The Labute approximate surface area is 91.9 Å². The molecule has 0 aliphatic carbocycles. The molecule has 1 aromatic carbocycles. The second-order valence-corrected chi connectivity index (χ2v) is 4.97. The average molecular weight is 245 g/mol. The quantitative estimate of drug-likeness (QED) is 0.528. The lowest BCUT2D eigenvalue weighted by Gasteiger charge is -2.09. The number of rotatable bonds is 4. The number of benzene rings is 1. The summed E-state index contributed by atoms with van der Waals surface area (Å²) in [5.41, 5.74) is 5.80. The fourth-order valence-corrected chi connectivity index (χ4v) is 1.82. The maximum atomic E-state index is 11.0. The largest absolute Gasteiger partial charge is 0.480 e. The van der Waals surface area contributed by atoms with Crippen LogP contribution in [0.5, 0.6) is 0 Å². The molecule has 0 saturated heterocycles. The van der Waals surface area contributed by atoms with Crippen LogP contribution in [0.4, 0.5) is 0 Å². The molecule has 0 spiro atoms. The molecule has 0 saturated carbocycles. The predicted molar refractivity (Wildman–Crippen MR) is 57.4 cm³/mol. The SMILES string of the molecule is N[C@@H](Cc1cccc(P(=O)(O)O)c1)C(=O)O. The summed E-state index contributed by atoms with van der Waals surface area (Å²) in [5.74, 6) is -1.15. The van der Waals surface area contributed by atoms with Crippen molar-refractivity contribution in [2.24, 2.45) is 5.73 Å². The van der Waals surface area contributed by atoms with Gasteiger partial charge in [0.2, 0.25) is 0 Å². The van der Waals surface area contributed by atoms with Crippen LogP contribution in [0.15, 0.2) is 24.3 Å². The third kappa shape index (κ3) is 3.43. The highest BCUT2D eigenvalue weighted by atomic mass is 31.2. The van der Waals surface area contributed by atoms with E-state index in [4.69, 9.17) is 20.6 Å². The second kappa shape index (κ2) is 4.76.